The second-order valence-electron chi connectivity index (χ2n) is 4.51. The van der Waals surface area contributed by atoms with Crippen LogP contribution in [0.3, 0.4) is 0 Å². The van der Waals surface area contributed by atoms with E-state index < -0.39 is 0 Å². The molecule has 0 bridgehead atoms. The van der Waals surface area contributed by atoms with Gasteiger partial charge in [-0.25, -0.2) is 0 Å². The second kappa shape index (κ2) is 6.82. The zero-order valence-electron chi connectivity index (χ0n) is 11.3. The Morgan fingerprint density at radius 2 is 2.11 bits per heavy atom. The summed E-state index contributed by atoms with van der Waals surface area (Å²) in [5, 5.41) is 7.82. The number of nitrogens with one attached hydrogen (secondary N) is 1. The maximum atomic E-state index is 4.29. The first-order chi connectivity index (χ1) is 9.22. The first-order valence-corrected chi connectivity index (χ1v) is 7.31. The average molecular weight is 323 g/mol. The van der Waals surface area contributed by atoms with Crippen molar-refractivity contribution >= 4 is 15.9 Å². The fraction of sp³-hybridized carbons (Fsp3) is 0.429. The van der Waals surface area contributed by atoms with Gasteiger partial charge in [-0.2, -0.15) is 5.10 Å². The number of nitrogens with zero attached hydrogens (tertiary/aromatic N) is 3. The Hall–Kier alpha value is -1.20. The molecule has 0 amide bonds. The number of rotatable bonds is 6. The Kier molecular flexibility index (Phi) is 5.10. The Labute approximate surface area is 122 Å². The molecular formula is C14H19BrN4. The fourth-order valence-corrected chi connectivity index (χ4v) is 2.88. The molecule has 1 N–H and O–H groups in total. The molecule has 2 rings (SSSR count). The van der Waals surface area contributed by atoms with Crippen molar-refractivity contribution in [2.24, 2.45) is 7.05 Å². The highest BCUT2D eigenvalue weighted by Gasteiger charge is 2.17. The molecule has 0 aliphatic carbocycles. The summed E-state index contributed by atoms with van der Waals surface area (Å²) in [5.41, 5.74) is 2.52. The topological polar surface area (TPSA) is 42.7 Å². The number of hydrogen-bond acceptors (Lipinski definition) is 3. The van der Waals surface area contributed by atoms with Crippen molar-refractivity contribution in [3.63, 3.8) is 0 Å². The number of aromatic nitrogens is 3. The highest BCUT2D eigenvalue weighted by atomic mass is 79.9. The molecule has 2 aromatic heterocycles. The molecule has 0 radical (unpaired) electrons. The van der Waals surface area contributed by atoms with E-state index in [9.17, 15) is 0 Å². The normalized spacial score (nSPS) is 12.6. The maximum absolute atomic E-state index is 4.29. The first kappa shape index (κ1) is 14.2. The summed E-state index contributed by atoms with van der Waals surface area (Å²) in [7, 11) is 1.98. The van der Waals surface area contributed by atoms with E-state index in [4.69, 9.17) is 0 Å². The zero-order chi connectivity index (χ0) is 13.7. The van der Waals surface area contributed by atoms with E-state index in [2.05, 4.69) is 50.4 Å². The Bertz CT molecular complexity index is 490. The lowest BCUT2D eigenvalue weighted by Gasteiger charge is -2.19. The van der Waals surface area contributed by atoms with Gasteiger partial charge in [-0.15, -0.1) is 0 Å². The Morgan fingerprint density at radius 3 is 2.68 bits per heavy atom. The first-order valence-electron chi connectivity index (χ1n) is 6.52. The summed E-state index contributed by atoms with van der Waals surface area (Å²) in [6, 6.07) is 4.45. The molecule has 5 heteroatoms. The van der Waals surface area contributed by atoms with Crippen LogP contribution in [0, 0.1) is 0 Å². The molecule has 2 heterocycles. The van der Waals surface area contributed by atoms with E-state index in [0.717, 1.165) is 23.9 Å². The minimum atomic E-state index is 0.306. The van der Waals surface area contributed by atoms with E-state index >= 15 is 0 Å². The van der Waals surface area contributed by atoms with E-state index in [0.29, 0.717) is 6.04 Å². The lowest BCUT2D eigenvalue weighted by Crippen LogP contribution is -2.24. The van der Waals surface area contributed by atoms with Crippen molar-refractivity contribution in [3.8, 4) is 0 Å². The minimum absolute atomic E-state index is 0.306. The summed E-state index contributed by atoms with van der Waals surface area (Å²) in [6.07, 6.45) is 7.61. The number of aryl methyl sites for hydroxylation is 2. The molecule has 0 saturated carbocycles. The van der Waals surface area contributed by atoms with E-state index in [1.165, 1.54) is 11.3 Å². The van der Waals surface area contributed by atoms with E-state index in [1.807, 2.05) is 30.3 Å². The Balaban J connectivity index is 2.09. The van der Waals surface area contributed by atoms with Crippen LogP contribution in [-0.2, 0) is 13.5 Å². The zero-order valence-corrected chi connectivity index (χ0v) is 12.9. The third kappa shape index (κ3) is 3.64. The van der Waals surface area contributed by atoms with E-state index in [-0.39, 0.29) is 0 Å². The summed E-state index contributed by atoms with van der Waals surface area (Å²) >= 11 is 3.58. The molecular weight excluding hydrogens is 304 g/mol. The van der Waals surface area contributed by atoms with Crippen molar-refractivity contribution in [2.75, 3.05) is 6.54 Å². The molecule has 1 atom stereocenters. The standard InChI is InChI=1S/C14H19BrN4/c1-3-17-13(14-12(15)10-18-19(14)2)5-4-11-6-8-16-9-7-11/h6-10,13,17H,3-5H2,1-2H3. The largest absolute Gasteiger partial charge is 0.309 e. The van der Waals surface area contributed by atoms with Crippen molar-refractivity contribution in [1.82, 2.24) is 20.1 Å². The average Bonchev–Trinajstić information content (AvgIpc) is 2.76. The van der Waals surface area contributed by atoms with Crippen LogP contribution in [0.2, 0.25) is 0 Å². The SMILES string of the molecule is CCNC(CCc1ccncc1)c1c(Br)cnn1C. The van der Waals surface area contributed by atoms with Crippen LogP contribution < -0.4 is 5.32 Å². The summed E-state index contributed by atoms with van der Waals surface area (Å²) in [5.74, 6) is 0. The molecule has 0 aliphatic heterocycles. The summed E-state index contributed by atoms with van der Waals surface area (Å²) in [4.78, 5) is 4.05. The highest BCUT2D eigenvalue weighted by Crippen LogP contribution is 2.26. The lowest BCUT2D eigenvalue weighted by molar-refractivity contribution is 0.478. The van der Waals surface area contributed by atoms with Gasteiger partial charge >= 0.3 is 0 Å². The number of hydrogen-bond donors (Lipinski definition) is 1. The smallest absolute Gasteiger partial charge is 0.0692 e. The molecule has 4 nitrogen and oxygen atoms in total. The monoisotopic (exact) mass is 322 g/mol. The van der Waals surface area contributed by atoms with Crippen LogP contribution in [0.25, 0.3) is 0 Å². The summed E-state index contributed by atoms with van der Waals surface area (Å²) in [6.45, 7) is 3.07. The molecule has 0 saturated heterocycles. The fourth-order valence-electron chi connectivity index (χ4n) is 2.25. The van der Waals surface area contributed by atoms with Gasteiger partial charge in [0.15, 0.2) is 0 Å². The number of pyridine rings is 1. The summed E-state index contributed by atoms with van der Waals surface area (Å²) < 4.78 is 3.00. The highest BCUT2D eigenvalue weighted by molar-refractivity contribution is 9.10. The van der Waals surface area contributed by atoms with Crippen molar-refractivity contribution in [3.05, 3.63) is 46.5 Å². The Morgan fingerprint density at radius 1 is 1.37 bits per heavy atom. The molecule has 1 unspecified atom stereocenters. The van der Waals surface area contributed by atoms with Crippen molar-refractivity contribution in [2.45, 2.75) is 25.8 Å². The predicted molar refractivity (Wildman–Crippen MR) is 79.9 cm³/mol. The van der Waals surface area contributed by atoms with Crippen LogP contribution >= 0.6 is 15.9 Å². The van der Waals surface area contributed by atoms with Crippen LogP contribution in [0.5, 0.6) is 0 Å². The predicted octanol–water partition coefficient (Wildman–Crippen LogP) is 2.86. The minimum Gasteiger partial charge on any atom is -0.309 e. The van der Waals surface area contributed by atoms with E-state index in [1.54, 1.807) is 0 Å². The van der Waals surface area contributed by atoms with Crippen LogP contribution in [-0.4, -0.2) is 21.3 Å². The molecule has 0 fully saturated rings. The van der Waals surface area contributed by atoms with Gasteiger partial charge in [-0.05, 0) is 53.0 Å². The molecule has 2 aromatic rings. The van der Waals surface area contributed by atoms with Crippen LogP contribution in [0.4, 0.5) is 0 Å². The third-order valence-electron chi connectivity index (χ3n) is 3.19. The van der Waals surface area contributed by atoms with Gasteiger partial charge in [0.2, 0.25) is 0 Å². The van der Waals surface area contributed by atoms with Gasteiger partial charge in [-0.3, -0.25) is 9.67 Å². The lowest BCUT2D eigenvalue weighted by atomic mass is 10.0. The van der Waals surface area contributed by atoms with Crippen molar-refractivity contribution < 1.29 is 0 Å². The van der Waals surface area contributed by atoms with Gasteiger partial charge < -0.3 is 5.32 Å². The van der Waals surface area contributed by atoms with Crippen LogP contribution in [0.1, 0.15) is 30.6 Å². The molecule has 19 heavy (non-hydrogen) atoms. The maximum Gasteiger partial charge on any atom is 0.0692 e. The van der Waals surface area contributed by atoms with Gasteiger partial charge in [0, 0.05) is 19.4 Å². The quantitative estimate of drug-likeness (QED) is 0.889. The van der Waals surface area contributed by atoms with Crippen LogP contribution in [0.15, 0.2) is 35.2 Å². The van der Waals surface area contributed by atoms with Crippen molar-refractivity contribution in [1.29, 1.82) is 0 Å². The van der Waals surface area contributed by atoms with Gasteiger partial charge in [-0.1, -0.05) is 6.92 Å². The molecule has 102 valence electrons. The van der Waals surface area contributed by atoms with Gasteiger partial charge in [0.1, 0.15) is 0 Å². The van der Waals surface area contributed by atoms with Gasteiger partial charge in [0.25, 0.3) is 0 Å². The number of halogens is 1. The third-order valence-corrected chi connectivity index (χ3v) is 3.80. The van der Waals surface area contributed by atoms with Gasteiger partial charge in [0.05, 0.1) is 22.4 Å². The molecule has 0 spiro atoms. The second-order valence-corrected chi connectivity index (χ2v) is 5.36. The molecule has 0 aliphatic rings. The molecule has 0 aromatic carbocycles.